The zero-order chi connectivity index (χ0) is 45.5. The van der Waals surface area contributed by atoms with Gasteiger partial charge in [0.1, 0.15) is 0 Å². The highest BCUT2D eigenvalue weighted by molar-refractivity contribution is 5.86. The Labute approximate surface area is 365 Å². The monoisotopic (exact) mass is 881 g/mol. The fourth-order valence-electron chi connectivity index (χ4n) is 7.76. The van der Waals surface area contributed by atoms with Crippen LogP contribution in [0.5, 0.6) is 0 Å². The lowest BCUT2D eigenvalue weighted by Gasteiger charge is -2.27. The predicted octanol–water partition coefficient (Wildman–Crippen LogP) is 16.5. The van der Waals surface area contributed by atoms with Gasteiger partial charge in [-0.15, -0.1) is 0 Å². The lowest BCUT2D eigenvalue weighted by molar-refractivity contribution is 0.381. The fourth-order valence-corrected chi connectivity index (χ4v) is 7.76. The van der Waals surface area contributed by atoms with Gasteiger partial charge in [0.2, 0.25) is 11.6 Å². The minimum Gasteiger partial charge on any atom is -0.310 e. The number of benzene rings is 9. The summed E-state index contributed by atoms with van der Waals surface area (Å²) in [4.78, 5) is 2.03. The van der Waals surface area contributed by atoms with Gasteiger partial charge in [0.15, 0.2) is 46.5 Å². The van der Waals surface area contributed by atoms with Crippen LogP contribution in [-0.2, 0) is 0 Å². The van der Waals surface area contributed by atoms with Crippen molar-refractivity contribution in [2.45, 2.75) is 0 Å². The van der Waals surface area contributed by atoms with Gasteiger partial charge in [0.05, 0.1) is 11.1 Å². The van der Waals surface area contributed by atoms with Crippen LogP contribution in [0.4, 0.5) is 61.0 Å². The Morgan fingerprint density at radius 2 is 0.446 bits per heavy atom. The minimum absolute atomic E-state index is 0.197. The molecule has 9 rings (SSSR count). The van der Waals surface area contributed by atoms with Crippen LogP contribution in [0.25, 0.3) is 66.8 Å². The first-order valence-electron chi connectivity index (χ1n) is 19.9. The van der Waals surface area contributed by atoms with Crippen molar-refractivity contribution in [2.75, 3.05) is 4.90 Å². The molecule has 0 bridgehead atoms. The zero-order valence-electron chi connectivity index (χ0n) is 33.5. The number of hydrogen-bond donors (Lipinski definition) is 0. The van der Waals surface area contributed by atoms with E-state index in [1.54, 1.807) is 0 Å². The molecule has 0 aliphatic heterocycles. The Balaban J connectivity index is 1.11. The van der Waals surface area contributed by atoms with Gasteiger partial charge in [-0.3, -0.25) is 0 Å². The van der Waals surface area contributed by atoms with Gasteiger partial charge in [-0.05, 0) is 98.1 Å². The van der Waals surface area contributed by atoms with Crippen molar-refractivity contribution >= 4 is 17.1 Å². The minimum atomic E-state index is -2.24. The first-order chi connectivity index (χ1) is 31.4. The maximum absolute atomic E-state index is 14.6. The number of anilines is 3. The number of nitrogens with zero attached hydrogens (tertiary/aromatic N) is 1. The van der Waals surface area contributed by atoms with Crippen molar-refractivity contribution in [3.8, 4) is 66.8 Å². The molecule has 11 heteroatoms. The van der Waals surface area contributed by atoms with Crippen molar-refractivity contribution in [2.24, 2.45) is 0 Å². The third-order valence-electron chi connectivity index (χ3n) is 11.1. The molecule has 0 aliphatic rings. The summed E-state index contributed by atoms with van der Waals surface area (Å²) in [5.41, 5.74) is 6.15. The fraction of sp³-hybridized carbons (Fsp3) is 0. The molecule has 320 valence electrons. The maximum atomic E-state index is 14.6. The van der Waals surface area contributed by atoms with Crippen LogP contribution in [0.15, 0.2) is 176 Å². The highest BCUT2D eigenvalue weighted by Crippen LogP contribution is 2.42. The summed E-state index contributed by atoms with van der Waals surface area (Å²) in [7, 11) is 0. The lowest BCUT2D eigenvalue weighted by Crippen LogP contribution is -2.10. The molecule has 0 spiro atoms. The Kier molecular flexibility index (Phi) is 11.3. The summed E-state index contributed by atoms with van der Waals surface area (Å²) in [5.74, 6) is -20.3. The van der Waals surface area contributed by atoms with Crippen molar-refractivity contribution < 1.29 is 43.9 Å². The second kappa shape index (κ2) is 17.3. The second-order valence-electron chi connectivity index (χ2n) is 15.0. The number of hydrogen-bond acceptors (Lipinski definition) is 1. The molecule has 0 aromatic heterocycles. The lowest BCUT2D eigenvalue weighted by atomic mass is 9.96. The van der Waals surface area contributed by atoms with E-state index in [2.05, 4.69) is 18.2 Å². The first-order valence-corrected chi connectivity index (χ1v) is 19.9. The van der Waals surface area contributed by atoms with E-state index in [9.17, 15) is 43.9 Å². The normalized spacial score (nSPS) is 11.2. The molecule has 1 nitrogen and oxygen atoms in total. The molecule has 0 radical (unpaired) electrons. The molecule has 0 saturated heterocycles. The highest BCUT2D eigenvalue weighted by Gasteiger charge is 2.28. The van der Waals surface area contributed by atoms with E-state index in [0.717, 1.165) is 39.3 Å². The van der Waals surface area contributed by atoms with Crippen LogP contribution in [0.1, 0.15) is 0 Å². The van der Waals surface area contributed by atoms with E-state index in [4.69, 9.17) is 0 Å². The quantitative estimate of drug-likeness (QED) is 0.0793. The third-order valence-corrected chi connectivity index (χ3v) is 11.1. The largest absolute Gasteiger partial charge is 0.310 e. The van der Waals surface area contributed by atoms with Gasteiger partial charge in [-0.1, -0.05) is 133 Å². The zero-order valence-corrected chi connectivity index (χ0v) is 33.5. The standard InChI is InChI=1S/C54H29F10N/c55-45-43(46(56)50(60)53(63)49(45)59)36-15-11-32(12-16-36)34-19-23-40(24-20-34)65(42-28-38(30-7-3-1-4-8-30)27-39(29-42)31-9-5-2-6-10-31)41-25-21-35(22-26-41)33-13-17-37(18-14-33)44-47(57)51(61)54(64)52(62)48(44)58/h1-29H. The molecule has 0 heterocycles. The van der Waals surface area contributed by atoms with E-state index >= 15 is 0 Å². The van der Waals surface area contributed by atoms with E-state index in [-0.39, 0.29) is 11.1 Å². The van der Waals surface area contributed by atoms with E-state index in [1.165, 1.54) is 48.5 Å². The van der Waals surface area contributed by atoms with Crippen LogP contribution < -0.4 is 4.90 Å². The summed E-state index contributed by atoms with van der Waals surface area (Å²) in [5, 5.41) is 0. The average molecular weight is 882 g/mol. The summed E-state index contributed by atoms with van der Waals surface area (Å²) >= 11 is 0. The van der Waals surface area contributed by atoms with Gasteiger partial charge in [0, 0.05) is 17.1 Å². The molecule has 9 aromatic rings. The first kappa shape index (κ1) is 42.4. The average Bonchev–Trinajstić information content (AvgIpc) is 3.35. The molecule has 0 amide bonds. The van der Waals surface area contributed by atoms with Crippen LogP contribution in [0, 0.1) is 58.2 Å². The van der Waals surface area contributed by atoms with Gasteiger partial charge < -0.3 is 4.90 Å². The Bertz CT molecular complexity index is 2940. The van der Waals surface area contributed by atoms with E-state index in [0.29, 0.717) is 22.3 Å². The smallest absolute Gasteiger partial charge is 0.200 e. The molecular weight excluding hydrogens is 853 g/mol. The van der Waals surface area contributed by atoms with Crippen LogP contribution in [0.2, 0.25) is 0 Å². The van der Waals surface area contributed by atoms with Gasteiger partial charge in [-0.2, -0.15) is 0 Å². The van der Waals surface area contributed by atoms with Gasteiger partial charge in [-0.25, -0.2) is 43.9 Å². The van der Waals surface area contributed by atoms with Crippen molar-refractivity contribution in [1.82, 2.24) is 0 Å². The summed E-state index contributed by atoms with van der Waals surface area (Å²) < 4.78 is 142. The molecular formula is C54H29F10N. The van der Waals surface area contributed by atoms with Crippen LogP contribution in [-0.4, -0.2) is 0 Å². The number of rotatable bonds is 9. The Morgan fingerprint density at radius 1 is 0.200 bits per heavy atom. The maximum Gasteiger partial charge on any atom is 0.200 e. The molecule has 0 saturated carbocycles. The Hall–Kier alpha value is -7.92. The van der Waals surface area contributed by atoms with E-state index in [1.807, 2.05) is 114 Å². The SMILES string of the molecule is Fc1c(F)c(F)c(-c2ccc(-c3ccc(N(c4ccc(-c5ccc(-c6c(F)c(F)c(F)c(F)c6F)cc5)cc4)c4cc(-c5ccccc5)cc(-c5ccccc5)c4)cc3)cc2)c(F)c1F. The molecule has 0 atom stereocenters. The highest BCUT2D eigenvalue weighted by atomic mass is 19.2. The van der Waals surface area contributed by atoms with Crippen LogP contribution >= 0.6 is 0 Å². The third kappa shape index (κ3) is 7.90. The van der Waals surface area contributed by atoms with Crippen molar-refractivity contribution in [3.05, 3.63) is 234 Å². The topological polar surface area (TPSA) is 3.24 Å². The number of halogens is 10. The van der Waals surface area contributed by atoms with Gasteiger partial charge in [0.25, 0.3) is 0 Å². The molecule has 0 fully saturated rings. The summed E-state index contributed by atoms with van der Waals surface area (Å²) in [6.07, 6.45) is 0. The molecule has 0 N–H and O–H groups in total. The molecule has 9 aromatic carbocycles. The van der Waals surface area contributed by atoms with Crippen molar-refractivity contribution in [3.63, 3.8) is 0 Å². The van der Waals surface area contributed by atoms with E-state index < -0.39 is 69.3 Å². The second-order valence-corrected chi connectivity index (χ2v) is 15.0. The predicted molar refractivity (Wildman–Crippen MR) is 233 cm³/mol. The van der Waals surface area contributed by atoms with Crippen LogP contribution in [0.3, 0.4) is 0 Å². The Morgan fingerprint density at radius 3 is 0.754 bits per heavy atom. The van der Waals surface area contributed by atoms with Crippen molar-refractivity contribution in [1.29, 1.82) is 0 Å². The summed E-state index contributed by atoms with van der Waals surface area (Å²) in [6.45, 7) is 0. The van der Waals surface area contributed by atoms with Gasteiger partial charge >= 0.3 is 0 Å². The molecule has 65 heavy (non-hydrogen) atoms. The molecule has 0 unspecified atom stereocenters. The summed E-state index contributed by atoms with van der Waals surface area (Å²) in [6, 6.07) is 51.9. The molecule has 0 aliphatic carbocycles.